The van der Waals surface area contributed by atoms with E-state index in [4.69, 9.17) is 0 Å². The number of carbonyl (C=O) groups excluding carboxylic acids is 2. The van der Waals surface area contributed by atoms with E-state index < -0.39 is 0 Å². The number of amides is 2. The van der Waals surface area contributed by atoms with Crippen molar-refractivity contribution < 1.29 is 9.59 Å². The standard InChI is InChI=1S/C21H27BrN2O2/c22-17-7-3-6-16(13-17)18-14-19(18)21(26)24-10-8-23(9-11-24)20(25)12-15-4-1-2-5-15/h3,6-7,13,15,18-19H,1-2,4-5,8-12,14H2. The molecular weight excluding hydrogens is 392 g/mol. The van der Waals surface area contributed by atoms with Crippen LogP contribution in [0.2, 0.25) is 0 Å². The first-order valence-corrected chi connectivity index (χ1v) is 10.7. The average Bonchev–Trinajstić information content (AvgIpc) is 3.30. The molecule has 3 aliphatic rings. The molecule has 5 heteroatoms. The van der Waals surface area contributed by atoms with Crippen molar-refractivity contribution in [2.24, 2.45) is 11.8 Å². The Bertz CT molecular complexity index is 678. The summed E-state index contributed by atoms with van der Waals surface area (Å²) >= 11 is 3.51. The lowest BCUT2D eigenvalue weighted by atomic mass is 10.0. The maximum absolute atomic E-state index is 12.8. The highest BCUT2D eigenvalue weighted by Crippen LogP contribution is 2.49. The molecule has 4 nitrogen and oxygen atoms in total. The molecule has 0 aromatic heterocycles. The Morgan fingerprint density at radius 2 is 1.73 bits per heavy atom. The van der Waals surface area contributed by atoms with Crippen molar-refractivity contribution in [2.45, 2.75) is 44.4 Å². The van der Waals surface area contributed by atoms with Crippen LogP contribution in [0.1, 0.15) is 50.0 Å². The minimum atomic E-state index is 0.130. The van der Waals surface area contributed by atoms with E-state index in [1.807, 2.05) is 21.9 Å². The lowest BCUT2D eigenvalue weighted by molar-refractivity contribution is -0.140. The molecule has 0 bridgehead atoms. The number of piperazine rings is 1. The van der Waals surface area contributed by atoms with Crippen LogP contribution in [0.3, 0.4) is 0 Å². The van der Waals surface area contributed by atoms with E-state index in [-0.39, 0.29) is 11.8 Å². The second-order valence-electron chi connectivity index (χ2n) is 8.06. The number of carbonyl (C=O) groups is 2. The van der Waals surface area contributed by atoms with Crippen LogP contribution in [0.25, 0.3) is 0 Å². The third kappa shape index (κ3) is 3.98. The Morgan fingerprint density at radius 3 is 2.42 bits per heavy atom. The van der Waals surface area contributed by atoms with Gasteiger partial charge in [-0.1, -0.05) is 40.9 Å². The number of hydrogen-bond acceptors (Lipinski definition) is 2. The Hall–Kier alpha value is -1.36. The molecule has 1 heterocycles. The molecule has 4 rings (SSSR count). The summed E-state index contributed by atoms with van der Waals surface area (Å²) in [5.74, 6) is 1.66. The van der Waals surface area contributed by atoms with Crippen molar-refractivity contribution in [3.8, 4) is 0 Å². The normalized spacial score (nSPS) is 26.2. The van der Waals surface area contributed by atoms with Crippen LogP contribution in [-0.2, 0) is 9.59 Å². The van der Waals surface area contributed by atoms with Gasteiger partial charge in [0.05, 0.1) is 0 Å². The quantitative estimate of drug-likeness (QED) is 0.745. The minimum Gasteiger partial charge on any atom is -0.339 e. The smallest absolute Gasteiger partial charge is 0.226 e. The molecule has 2 amide bonds. The second kappa shape index (κ2) is 7.71. The van der Waals surface area contributed by atoms with Crippen molar-refractivity contribution in [1.29, 1.82) is 0 Å². The van der Waals surface area contributed by atoms with Gasteiger partial charge in [0.1, 0.15) is 0 Å². The van der Waals surface area contributed by atoms with Gasteiger partial charge >= 0.3 is 0 Å². The second-order valence-corrected chi connectivity index (χ2v) is 8.98. The molecule has 1 aromatic rings. The van der Waals surface area contributed by atoms with Gasteiger partial charge in [0, 0.05) is 43.0 Å². The molecule has 2 saturated carbocycles. The molecule has 0 radical (unpaired) electrons. The third-order valence-corrected chi connectivity index (χ3v) is 6.76. The van der Waals surface area contributed by atoms with Crippen LogP contribution in [0.5, 0.6) is 0 Å². The maximum atomic E-state index is 12.8. The van der Waals surface area contributed by atoms with E-state index in [9.17, 15) is 9.59 Å². The zero-order valence-electron chi connectivity index (χ0n) is 15.2. The monoisotopic (exact) mass is 418 g/mol. The fourth-order valence-electron chi connectivity index (χ4n) is 4.57. The molecule has 140 valence electrons. The van der Waals surface area contributed by atoms with Gasteiger partial charge in [0.25, 0.3) is 0 Å². The number of halogens is 1. The zero-order valence-corrected chi connectivity index (χ0v) is 16.8. The third-order valence-electron chi connectivity index (χ3n) is 6.27. The number of hydrogen-bond donors (Lipinski definition) is 0. The van der Waals surface area contributed by atoms with Gasteiger partial charge in [-0.3, -0.25) is 9.59 Å². The maximum Gasteiger partial charge on any atom is 0.226 e. The van der Waals surface area contributed by atoms with Crippen molar-refractivity contribution in [3.63, 3.8) is 0 Å². The van der Waals surface area contributed by atoms with Gasteiger partial charge in [-0.05, 0) is 48.8 Å². The largest absolute Gasteiger partial charge is 0.339 e. The van der Waals surface area contributed by atoms with E-state index in [0.717, 1.165) is 10.9 Å². The summed E-state index contributed by atoms with van der Waals surface area (Å²) in [6.07, 6.45) is 6.64. The molecule has 1 aliphatic heterocycles. The predicted molar refractivity (Wildman–Crippen MR) is 105 cm³/mol. The fraction of sp³-hybridized carbons (Fsp3) is 0.619. The molecule has 1 saturated heterocycles. The summed E-state index contributed by atoms with van der Waals surface area (Å²) < 4.78 is 1.07. The van der Waals surface area contributed by atoms with Gasteiger partial charge in [0.2, 0.25) is 11.8 Å². The van der Waals surface area contributed by atoms with Crippen LogP contribution < -0.4 is 0 Å². The SMILES string of the molecule is O=C(CC1CCCC1)N1CCN(C(=O)C2CC2c2cccc(Br)c2)CC1. The molecule has 1 aromatic carbocycles. The van der Waals surface area contributed by atoms with Gasteiger partial charge < -0.3 is 9.80 Å². The first kappa shape index (κ1) is 18.0. The van der Waals surface area contributed by atoms with Crippen LogP contribution in [0.15, 0.2) is 28.7 Å². The molecular formula is C21H27BrN2O2. The van der Waals surface area contributed by atoms with Crippen molar-refractivity contribution in [2.75, 3.05) is 26.2 Å². The van der Waals surface area contributed by atoms with Crippen molar-refractivity contribution in [1.82, 2.24) is 9.80 Å². The van der Waals surface area contributed by atoms with Crippen molar-refractivity contribution >= 4 is 27.7 Å². The first-order valence-electron chi connectivity index (χ1n) is 9.94. The topological polar surface area (TPSA) is 40.6 Å². The summed E-state index contributed by atoms with van der Waals surface area (Å²) in [6.45, 7) is 2.78. The van der Waals surface area contributed by atoms with E-state index in [2.05, 4.69) is 28.1 Å². The molecule has 3 fully saturated rings. The number of nitrogens with zero attached hydrogens (tertiary/aromatic N) is 2. The van der Waals surface area contributed by atoms with Crippen LogP contribution in [-0.4, -0.2) is 47.8 Å². The summed E-state index contributed by atoms with van der Waals surface area (Å²) in [5.41, 5.74) is 1.25. The highest BCUT2D eigenvalue weighted by atomic mass is 79.9. The highest BCUT2D eigenvalue weighted by Gasteiger charge is 2.46. The Labute approximate surface area is 164 Å². The number of benzene rings is 1. The summed E-state index contributed by atoms with van der Waals surface area (Å²) in [5, 5.41) is 0. The van der Waals surface area contributed by atoms with E-state index in [0.29, 0.717) is 50.3 Å². The summed E-state index contributed by atoms with van der Waals surface area (Å²) in [4.78, 5) is 29.2. The molecule has 0 N–H and O–H groups in total. The minimum absolute atomic E-state index is 0.130. The Morgan fingerprint density at radius 1 is 1.04 bits per heavy atom. The Balaban J connectivity index is 1.26. The molecule has 0 spiro atoms. The van der Waals surface area contributed by atoms with Crippen LogP contribution in [0, 0.1) is 11.8 Å². The molecule has 2 atom stereocenters. The van der Waals surface area contributed by atoms with Gasteiger partial charge in [-0.15, -0.1) is 0 Å². The van der Waals surface area contributed by atoms with Crippen molar-refractivity contribution in [3.05, 3.63) is 34.3 Å². The van der Waals surface area contributed by atoms with Gasteiger partial charge in [0.15, 0.2) is 0 Å². The van der Waals surface area contributed by atoms with Gasteiger partial charge in [-0.25, -0.2) is 0 Å². The lowest BCUT2D eigenvalue weighted by Crippen LogP contribution is -2.51. The molecule has 2 unspecified atom stereocenters. The Kier molecular flexibility index (Phi) is 5.35. The van der Waals surface area contributed by atoms with Gasteiger partial charge in [-0.2, -0.15) is 0 Å². The predicted octanol–water partition coefficient (Wildman–Crippen LogP) is 3.80. The lowest BCUT2D eigenvalue weighted by Gasteiger charge is -2.35. The van der Waals surface area contributed by atoms with E-state index in [1.165, 1.54) is 31.2 Å². The van der Waals surface area contributed by atoms with E-state index >= 15 is 0 Å². The zero-order chi connectivity index (χ0) is 18.1. The van der Waals surface area contributed by atoms with Crippen LogP contribution in [0.4, 0.5) is 0 Å². The molecule has 2 aliphatic carbocycles. The molecule has 26 heavy (non-hydrogen) atoms. The average molecular weight is 419 g/mol. The van der Waals surface area contributed by atoms with Crippen LogP contribution >= 0.6 is 15.9 Å². The summed E-state index contributed by atoms with van der Waals surface area (Å²) in [7, 11) is 0. The summed E-state index contributed by atoms with van der Waals surface area (Å²) in [6, 6.07) is 8.29. The number of rotatable bonds is 4. The fourth-order valence-corrected chi connectivity index (χ4v) is 4.99. The highest BCUT2D eigenvalue weighted by molar-refractivity contribution is 9.10. The first-order chi connectivity index (χ1) is 12.6. The van der Waals surface area contributed by atoms with E-state index in [1.54, 1.807) is 0 Å².